The van der Waals surface area contributed by atoms with E-state index in [1.165, 1.54) is 21.3 Å². The molecule has 1 unspecified atom stereocenters. The highest BCUT2D eigenvalue weighted by atomic mass is 16.5. The maximum Gasteiger partial charge on any atom is 0.258 e. The third kappa shape index (κ3) is 3.67. The van der Waals surface area contributed by atoms with Gasteiger partial charge in [-0.05, 0) is 18.9 Å². The Kier molecular flexibility index (Phi) is 6.16. The number of hydrogen-bond donors (Lipinski definition) is 1. The van der Waals surface area contributed by atoms with E-state index < -0.39 is 5.92 Å². The summed E-state index contributed by atoms with van der Waals surface area (Å²) in [5, 5.41) is 9.90. The lowest BCUT2D eigenvalue weighted by molar-refractivity contribution is 0.321. The molecule has 31 heavy (non-hydrogen) atoms. The van der Waals surface area contributed by atoms with Gasteiger partial charge in [0.15, 0.2) is 11.5 Å². The molecule has 0 bridgehead atoms. The van der Waals surface area contributed by atoms with Crippen molar-refractivity contribution in [1.82, 2.24) is 4.57 Å². The molecule has 0 radical (unpaired) electrons. The van der Waals surface area contributed by atoms with Crippen LogP contribution in [0.25, 0.3) is 0 Å². The summed E-state index contributed by atoms with van der Waals surface area (Å²) in [5.74, 6) is 0.945. The Morgan fingerprint density at radius 1 is 1.19 bits per heavy atom. The minimum atomic E-state index is -0.782. The third-order valence-electron chi connectivity index (χ3n) is 5.28. The molecule has 0 saturated carbocycles. The molecule has 1 aromatic heterocycles. The summed E-state index contributed by atoms with van der Waals surface area (Å²) in [6.07, 6.45) is 0. The number of rotatable bonds is 6. The molecule has 2 heterocycles. The first-order valence-electron chi connectivity index (χ1n) is 9.89. The molecule has 2 N–H and O–H groups in total. The molecule has 3 rings (SSSR count). The number of fused-ring (bicyclic) bond motifs is 1. The van der Waals surface area contributed by atoms with Crippen molar-refractivity contribution < 1.29 is 18.9 Å². The average Bonchev–Trinajstić information content (AvgIpc) is 2.74. The van der Waals surface area contributed by atoms with Gasteiger partial charge in [-0.15, -0.1) is 0 Å². The van der Waals surface area contributed by atoms with E-state index in [0.29, 0.717) is 40.7 Å². The lowest BCUT2D eigenvalue weighted by Gasteiger charge is -2.29. The number of nitriles is 1. The van der Waals surface area contributed by atoms with Gasteiger partial charge in [-0.2, -0.15) is 5.26 Å². The highest BCUT2D eigenvalue weighted by Crippen LogP contribution is 2.48. The minimum absolute atomic E-state index is 0.0442. The van der Waals surface area contributed by atoms with Crippen LogP contribution in [0.15, 0.2) is 34.4 Å². The standard InChI is InChI=1S/C23H27N3O5/c1-12(2)11-26-13(3)9-17-19(23(26)27)18(15(10-24)22(25)31-17)14-7-8-16(28-4)21(30-6)20(14)29-5/h7-9,12,18H,11,25H2,1-6H3. The Labute approximate surface area is 181 Å². The molecule has 8 heteroatoms. The largest absolute Gasteiger partial charge is 0.493 e. The van der Waals surface area contributed by atoms with Crippen molar-refractivity contribution in [3.05, 3.63) is 56.8 Å². The molecular weight excluding hydrogens is 398 g/mol. The zero-order chi connectivity index (χ0) is 22.9. The normalized spacial score (nSPS) is 15.2. The number of aromatic nitrogens is 1. The molecule has 164 valence electrons. The van der Waals surface area contributed by atoms with E-state index in [4.69, 9.17) is 24.7 Å². The third-order valence-corrected chi connectivity index (χ3v) is 5.28. The van der Waals surface area contributed by atoms with Crippen molar-refractivity contribution in [2.75, 3.05) is 21.3 Å². The number of hydrogen-bond acceptors (Lipinski definition) is 7. The van der Waals surface area contributed by atoms with Crippen molar-refractivity contribution in [3.8, 4) is 29.1 Å². The first-order chi connectivity index (χ1) is 14.8. The average molecular weight is 425 g/mol. The second-order valence-electron chi connectivity index (χ2n) is 7.72. The van der Waals surface area contributed by atoms with Crippen LogP contribution < -0.4 is 30.2 Å². The van der Waals surface area contributed by atoms with Gasteiger partial charge in [-0.25, -0.2) is 0 Å². The molecule has 0 saturated heterocycles. The summed E-state index contributed by atoms with van der Waals surface area (Å²) >= 11 is 0. The number of nitrogens with two attached hydrogens (primary N) is 1. The number of methoxy groups -OCH3 is 3. The zero-order valence-electron chi connectivity index (χ0n) is 18.6. The van der Waals surface area contributed by atoms with Gasteiger partial charge in [0, 0.05) is 23.9 Å². The monoisotopic (exact) mass is 425 g/mol. The molecule has 8 nitrogen and oxygen atoms in total. The molecule has 0 amide bonds. The van der Waals surface area contributed by atoms with Crippen molar-refractivity contribution >= 4 is 0 Å². The topological polar surface area (TPSA) is 109 Å². The van der Waals surface area contributed by atoms with Crippen LogP contribution in [-0.2, 0) is 6.54 Å². The summed E-state index contributed by atoms with van der Waals surface area (Å²) < 4.78 is 23.9. The maximum atomic E-state index is 13.6. The summed E-state index contributed by atoms with van der Waals surface area (Å²) in [5.41, 5.74) is 7.65. The summed E-state index contributed by atoms with van der Waals surface area (Å²) in [6.45, 7) is 6.46. The fourth-order valence-electron chi connectivity index (χ4n) is 3.94. The van der Waals surface area contributed by atoms with Gasteiger partial charge in [-0.3, -0.25) is 4.79 Å². The number of nitrogens with zero attached hydrogens (tertiary/aromatic N) is 2. The molecule has 1 aliphatic rings. The van der Waals surface area contributed by atoms with Crippen LogP contribution in [0.4, 0.5) is 0 Å². The van der Waals surface area contributed by atoms with E-state index in [1.807, 2.05) is 20.8 Å². The maximum absolute atomic E-state index is 13.6. The summed E-state index contributed by atoms with van der Waals surface area (Å²) in [6, 6.07) is 7.35. The lowest BCUT2D eigenvalue weighted by atomic mass is 9.83. The smallest absolute Gasteiger partial charge is 0.258 e. The highest BCUT2D eigenvalue weighted by molar-refractivity contribution is 5.64. The van der Waals surface area contributed by atoms with Gasteiger partial charge in [0.1, 0.15) is 17.4 Å². The molecule has 2 aromatic rings. The second-order valence-corrected chi connectivity index (χ2v) is 7.72. The van der Waals surface area contributed by atoms with E-state index in [9.17, 15) is 10.1 Å². The molecule has 1 aromatic carbocycles. The summed E-state index contributed by atoms with van der Waals surface area (Å²) in [7, 11) is 4.51. The van der Waals surface area contributed by atoms with Crippen LogP contribution in [0.3, 0.4) is 0 Å². The zero-order valence-corrected chi connectivity index (χ0v) is 18.6. The minimum Gasteiger partial charge on any atom is -0.493 e. The van der Waals surface area contributed by atoms with E-state index in [1.54, 1.807) is 22.8 Å². The van der Waals surface area contributed by atoms with Crippen molar-refractivity contribution in [3.63, 3.8) is 0 Å². The molecule has 0 aliphatic carbocycles. The Morgan fingerprint density at radius 3 is 2.42 bits per heavy atom. The molecular formula is C23H27N3O5. The van der Waals surface area contributed by atoms with E-state index in [-0.39, 0.29) is 22.9 Å². The van der Waals surface area contributed by atoms with Crippen LogP contribution in [0.5, 0.6) is 23.0 Å². The first-order valence-corrected chi connectivity index (χ1v) is 9.89. The van der Waals surface area contributed by atoms with Crippen LogP contribution in [-0.4, -0.2) is 25.9 Å². The molecule has 1 atom stereocenters. The quantitative estimate of drug-likeness (QED) is 0.757. The van der Waals surface area contributed by atoms with Gasteiger partial charge in [0.2, 0.25) is 11.6 Å². The fraction of sp³-hybridized carbons (Fsp3) is 0.391. The molecule has 0 spiro atoms. The lowest BCUT2D eigenvalue weighted by Crippen LogP contribution is -2.33. The SMILES string of the molecule is COc1ccc(C2C(C#N)=C(N)Oc3cc(C)n(CC(C)C)c(=O)c32)c(OC)c1OC. The number of pyridine rings is 1. The Bertz CT molecular complexity index is 1140. The van der Waals surface area contributed by atoms with Crippen molar-refractivity contribution in [2.45, 2.75) is 33.2 Å². The van der Waals surface area contributed by atoms with Crippen molar-refractivity contribution in [2.24, 2.45) is 11.7 Å². The number of allylic oxidation sites excluding steroid dienone is 1. The predicted molar refractivity (Wildman–Crippen MR) is 116 cm³/mol. The molecule has 1 aliphatic heterocycles. The van der Waals surface area contributed by atoms with E-state index in [0.717, 1.165) is 5.69 Å². The van der Waals surface area contributed by atoms with Gasteiger partial charge in [-0.1, -0.05) is 19.9 Å². The number of benzene rings is 1. The van der Waals surface area contributed by atoms with Crippen LogP contribution in [0, 0.1) is 24.2 Å². The van der Waals surface area contributed by atoms with Crippen molar-refractivity contribution in [1.29, 1.82) is 5.26 Å². The van der Waals surface area contributed by atoms with Crippen LogP contribution >= 0.6 is 0 Å². The Morgan fingerprint density at radius 2 is 1.87 bits per heavy atom. The van der Waals surface area contributed by atoms with Gasteiger partial charge in [0.25, 0.3) is 5.56 Å². The second kappa shape index (κ2) is 8.64. The van der Waals surface area contributed by atoms with Crippen LogP contribution in [0.2, 0.25) is 0 Å². The van der Waals surface area contributed by atoms with E-state index in [2.05, 4.69) is 6.07 Å². The molecule has 0 fully saturated rings. The number of aryl methyl sites for hydroxylation is 1. The van der Waals surface area contributed by atoms with Gasteiger partial charge < -0.3 is 29.2 Å². The highest BCUT2D eigenvalue weighted by Gasteiger charge is 2.37. The van der Waals surface area contributed by atoms with Gasteiger partial charge in [0.05, 0.1) is 32.8 Å². The summed E-state index contributed by atoms with van der Waals surface area (Å²) in [4.78, 5) is 13.6. The Hall–Kier alpha value is -3.60. The predicted octanol–water partition coefficient (Wildman–Crippen LogP) is 3.06. The Balaban J connectivity index is 2.39. The number of ether oxygens (including phenoxy) is 4. The van der Waals surface area contributed by atoms with E-state index >= 15 is 0 Å². The van der Waals surface area contributed by atoms with Crippen LogP contribution in [0.1, 0.15) is 36.6 Å². The fourth-order valence-corrected chi connectivity index (χ4v) is 3.94. The first kappa shape index (κ1) is 22.1. The van der Waals surface area contributed by atoms with Gasteiger partial charge >= 0.3 is 0 Å².